The fourth-order valence-corrected chi connectivity index (χ4v) is 2.81. The number of aryl methyl sites for hydroxylation is 2. The highest BCUT2D eigenvalue weighted by Gasteiger charge is 2.19. The second-order valence-electron chi connectivity index (χ2n) is 6.79. The number of ketones is 1. The van der Waals surface area contributed by atoms with Crippen molar-refractivity contribution < 1.29 is 32.6 Å². The summed E-state index contributed by atoms with van der Waals surface area (Å²) in [6.07, 6.45) is 1.62. The van der Waals surface area contributed by atoms with Gasteiger partial charge in [-0.1, -0.05) is 17.7 Å². The minimum Gasteiger partial charge on any atom is -0.454 e. The van der Waals surface area contributed by atoms with E-state index in [0.717, 1.165) is 0 Å². The van der Waals surface area contributed by atoms with E-state index < -0.39 is 30.9 Å². The molecular weight excluding hydrogens is 424 g/mol. The van der Waals surface area contributed by atoms with Crippen molar-refractivity contribution in [2.75, 3.05) is 11.9 Å². The molecule has 1 N–H and O–H groups in total. The molecule has 1 amide bonds. The number of esters is 1. The van der Waals surface area contributed by atoms with Gasteiger partial charge in [0.2, 0.25) is 5.78 Å². The molecule has 1 aromatic heterocycles. The Labute approximate surface area is 181 Å². The number of hydrogen-bond donors (Lipinski definition) is 1. The number of anilines is 1. The smallest absolute Gasteiger partial charge is 0.387 e. The van der Waals surface area contributed by atoms with Gasteiger partial charge >= 0.3 is 12.6 Å². The lowest BCUT2D eigenvalue weighted by Gasteiger charge is -2.11. The number of carbonyl (C=O) groups is 3. The van der Waals surface area contributed by atoms with Crippen LogP contribution in [0.15, 0.2) is 54.7 Å². The third kappa shape index (κ3) is 5.75. The molecule has 3 aromatic rings. The Kier molecular flexibility index (Phi) is 6.93. The van der Waals surface area contributed by atoms with Crippen LogP contribution in [0, 0.1) is 6.92 Å². The van der Waals surface area contributed by atoms with Crippen LogP contribution in [0.25, 0.3) is 0 Å². The van der Waals surface area contributed by atoms with Crippen LogP contribution in [0.5, 0.6) is 5.75 Å². The summed E-state index contributed by atoms with van der Waals surface area (Å²) in [5.74, 6) is -2.28. The van der Waals surface area contributed by atoms with Crippen LogP contribution in [-0.2, 0) is 11.8 Å². The molecule has 0 bridgehead atoms. The summed E-state index contributed by atoms with van der Waals surface area (Å²) in [4.78, 5) is 37.0. The van der Waals surface area contributed by atoms with Crippen molar-refractivity contribution in [2.24, 2.45) is 7.05 Å². The summed E-state index contributed by atoms with van der Waals surface area (Å²) in [6.45, 7) is -2.10. The maximum atomic E-state index is 12.6. The van der Waals surface area contributed by atoms with Gasteiger partial charge in [-0.2, -0.15) is 13.9 Å². The molecule has 10 heteroatoms. The minimum absolute atomic E-state index is 0.0879. The van der Waals surface area contributed by atoms with Gasteiger partial charge < -0.3 is 14.8 Å². The first kappa shape index (κ1) is 22.6. The first-order valence-corrected chi connectivity index (χ1v) is 9.40. The van der Waals surface area contributed by atoms with E-state index in [2.05, 4.69) is 15.2 Å². The molecular formula is C22H19F2N3O5. The highest BCUT2D eigenvalue weighted by atomic mass is 19.3. The fourth-order valence-electron chi connectivity index (χ4n) is 2.81. The molecule has 3 rings (SSSR count). The van der Waals surface area contributed by atoms with Crippen molar-refractivity contribution >= 4 is 23.3 Å². The van der Waals surface area contributed by atoms with Gasteiger partial charge in [0, 0.05) is 18.9 Å². The number of Topliss-reactive ketones (excluding diaryl/α,β-unsaturated/α-hetero) is 1. The van der Waals surface area contributed by atoms with E-state index in [-0.39, 0.29) is 22.6 Å². The summed E-state index contributed by atoms with van der Waals surface area (Å²) < 4.78 is 36.0. The Morgan fingerprint density at radius 1 is 1.12 bits per heavy atom. The average Bonchev–Trinajstić information content (AvgIpc) is 3.19. The van der Waals surface area contributed by atoms with Crippen LogP contribution >= 0.6 is 0 Å². The van der Waals surface area contributed by atoms with Crippen LogP contribution in [-0.4, -0.2) is 40.7 Å². The largest absolute Gasteiger partial charge is 0.454 e. The van der Waals surface area contributed by atoms with Crippen LogP contribution in [0.1, 0.15) is 36.8 Å². The molecule has 0 unspecified atom stereocenters. The van der Waals surface area contributed by atoms with E-state index in [9.17, 15) is 23.2 Å². The summed E-state index contributed by atoms with van der Waals surface area (Å²) in [5, 5.41) is 6.60. The second kappa shape index (κ2) is 9.82. The molecule has 0 aliphatic rings. The Hall–Kier alpha value is -4.08. The van der Waals surface area contributed by atoms with Crippen LogP contribution in [0.4, 0.5) is 14.5 Å². The number of benzene rings is 2. The predicted octanol–water partition coefficient (Wildman–Crippen LogP) is 3.62. The molecule has 0 aliphatic carbocycles. The van der Waals surface area contributed by atoms with E-state index >= 15 is 0 Å². The highest BCUT2D eigenvalue weighted by Crippen LogP contribution is 2.23. The number of halogens is 2. The zero-order valence-corrected chi connectivity index (χ0v) is 17.2. The Morgan fingerprint density at radius 2 is 1.91 bits per heavy atom. The van der Waals surface area contributed by atoms with Crippen LogP contribution in [0.2, 0.25) is 0 Å². The van der Waals surface area contributed by atoms with E-state index in [1.807, 2.05) is 0 Å². The minimum atomic E-state index is -3.10. The molecule has 0 atom stereocenters. The molecule has 2 aromatic carbocycles. The number of nitrogens with one attached hydrogen (secondary N) is 1. The molecule has 0 aliphatic heterocycles. The quantitative estimate of drug-likeness (QED) is 0.422. The molecule has 0 spiro atoms. The van der Waals surface area contributed by atoms with E-state index in [0.29, 0.717) is 11.3 Å². The lowest BCUT2D eigenvalue weighted by molar-refractivity contribution is -0.0502. The summed E-state index contributed by atoms with van der Waals surface area (Å²) in [5.41, 5.74) is 1.15. The van der Waals surface area contributed by atoms with Crippen LogP contribution < -0.4 is 10.1 Å². The van der Waals surface area contributed by atoms with Gasteiger partial charge in [-0.25, -0.2) is 4.79 Å². The first-order valence-electron chi connectivity index (χ1n) is 9.40. The molecule has 0 radical (unpaired) electrons. The summed E-state index contributed by atoms with van der Waals surface area (Å²) in [7, 11) is 1.67. The van der Waals surface area contributed by atoms with E-state index in [4.69, 9.17) is 4.74 Å². The summed E-state index contributed by atoms with van der Waals surface area (Å²) >= 11 is 0. The predicted molar refractivity (Wildman–Crippen MR) is 110 cm³/mol. The zero-order valence-electron chi connectivity index (χ0n) is 17.2. The van der Waals surface area contributed by atoms with Gasteiger partial charge in [-0.3, -0.25) is 14.3 Å². The fraction of sp³-hybridized carbons (Fsp3) is 0.182. The van der Waals surface area contributed by atoms with Crippen molar-refractivity contribution in [1.82, 2.24) is 9.78 Å². The number of hydrogen-bond acceptors (Lipinski definition) is 6. The topological polar surface area (TPSA) is 99.5 Å². The summed E-state index contributed by atoms with van der Waals surface area (Å²) in [6, 6.07) is 11.6. The van der Waals surface area contributed by atoms with Gasteiger partial charge in [0.25, 0.3) is 5.91 Å². The molecule has 1 heterocycles. The van der Waals surface area contributed by atoms with Crippen molar-refractivity contribution in [3.8, 4) is 5.75 Å². The Balaban J connectivity index is 1.65. The van der Waals surface area contributed by atoms with Crippen molar-refractivity contribution in [3.63, 3.8) is 0 Å². The van der Waals surface area contributed by atoms with E-state index in [1.54, 1.807) is 26.2 Å². The van der Waals surface area contributed by atoms with Crippen molar-refractivity contribution in [1.29, 1.82) is 0 Å². The molecule has 32 heavy (non-hydrogen) atoms. The second-order valence-corrected chi connectivity index (χ2v) is 6.79. The maximum Gasteiger partial charge on any atom is 0.387 e. The molecule has 0 saturated heterocycles. The van der Waals surface area contributed by atoms with Crippen molar-refractivity contribution in [2.45, 2.75) is 13.5 Å². The lowest BCUT2D eigenvalue weighted by Crippen LogP contribution is -2.17. The number of alkyl halides is 2. The van der Waals surface area contributed by atoms with Crippen LogP contribution in [0.3, 0.4) is 0 Å². The monoisotopic (exact) mass is 443 g/mol. The molecule has 0 saturated carbocycles. The molecule has 0 fully saturated rings. The van der Waals surface area contributed by atoms with Gasteiger partial charge in [0.05, 0.1) is 11.1 Å². The highest BCUT2D eigenvalue weighted by molar-refractivity contribution is 6.04. The Bertz CT molecular complexity index is 1160. The number of aromatic nitrogens is 2. The van der Waals surface area contributed by atoms with E-state index in [1.165, 1.54) is 47.1 Å². The number of ether oxygens (including phenoxy) is 2. The third-order valence-corrected chi connectivity index (χ3v) is 4.29. The van der Waals surface area contributed by atoms with Gasteiger partial charge in [-0.15, -0.1) is 0 Å². The maximum absolute atomic E-state index is 12.6. The number of carbonyl (C=O) groups excluding carboxylic acids is 3. The average molecular weight is 443 g/mol. The van der Waals surface area contributed by atoms with Gasteiger partial charge in [-0.05, 0) is 43.3 Å². The standard InChI is InChI=1S/C22H19F2N3O5/c1-13-6-7-19(32-22(23)24)16(10-13)18(28)12-31-21(30)14-4-3-5-15(11-14)25-20(29)17-8-9-27(2)26-17/h3-11,22H,12H2,1-2H3,(H,25,29). The zero-order chi connectivity index (χ0) is 23.3. The normalized spacial score (nSPS) is 10.7. The van der Waals surface area contributed by atoms with Crippen molar-refractivity contribution in [3.05, 3.63) is 77.1 Å². The van der Waals surface area contributed by atoms with Gasteiger partial charge in [0.1, 0.15) is 5.75 Å². The SMILES string of the molecule is Cc1ccc(OC(F)F)c(C(=O)COC(=O)c2cccc(NC(=O)c3ccn(C)n3)c2)c1. The number of rotatable bonds is 8. The lowest BCUT2D eigenvalue weighted by atomic mass is 10.1. The number of amides is 1. The molecule has 166 valence electrons. The number of nitrogens with zero attached hydrogens (tertiary/aromatic N) is 2. The Morgan fingerprint density at radius 3 is 2.59 bits per heavy atom. The third-order valence-electron chi connectivity index (χ3n) is 4.29. The molecule has 8 nitrogen and oxygen atoms in total. The van der Waals surface area contributed by atoms with Gasteiger partial charge in [0.15, 0.2) is 12.3 Å². The first-order chi connectivity index (χ1) is 15.2.